The normalized spacial score (nSPS) is 11.4. The SMILES string of the molecule is Cc1[nH]ncc1C(=O)Nc1cc(Cl)cc(C(F)(F)F)c1. The Morgan fingerprint density at radius 2 is 2.05 bits per heavy atom. The average molecular weight is 304 g/mol. The van der Waals surface area contributed by atoms with E-state index in [1.54, 1.807) is 6.92 Å². The molecule has 2 rings (SSSR count). The van der Waals surface area contributed by atoms with E-state index in [4.69, 9.17) is 11.6 Å². The Kier molecular flexibility index (Phi) is 3.71. The fourth-order valence-electron chi connectivity index (χ4n) is 1.60. The second-order valence-corrected chi connectivity index (χ2v) is 4.53. The second-order valence-electron chi connectivity index (χ2n) is 4.09. The van der Waals surface area contributed by atoms with Crippen LogP contribution in [0.2, 0.25) is 5.02 Å². The minimum absolute atomic E-state index is 0.0320. The van der Waals surface area contributed by atoms with Gasteiger partial charge in [0.15, 0.2) is 0 Å². The maximum atomic E-state index is 12.6. The molecule has 0 saturated carbocycles. The van der Waals surface area contributed by atoms with Crippen LogP contribution in [0.3, 0.4) is 0 Å². The minimum atomic E-state index is -4.53. The van der Waals surface area contributed by atoms with Crippen LogP contribution in [0.1, 0.15) is 21.6 Å². The summed E-state index contributed by atoms with van der Waals surface area (Å²) in [5, 5.41) is 8.48. The zero-order valence-electron chi connectivity index (χ0n) is 10.2. The van der Waals surface area contributed by atoms with Crippen molar-refractivity contribution in [1.82, 2.24) is 10.2 Å². The number of amides is 1. The first-order valence-electron chi connectivity index (χ1n) is 5.46. The van der Waals surface area contributed by atoms with Crippen molar-refractivity contribution in [3.05, 3.63) is 46.2 Å². The van der Waals surface area contributed by atoms with Gasteiger partial charge in [0.25, 0.3) is 5.91 Å². The summed E-state index contributed by atoms with van der Waals surface area (Å²) in [6, 6.07) is 2.85. The molecule has 1 aromatic carbocycles. The van der Waals surface area contributed by atoms with Crippen LogP contribution in [0.15, 0.2) is 24.4 Å². The number of hydrogen-bond acceptors (Lipinski definition) is 2. The minimum Gasteiger partial charge on any atom is -0.322 e. The molecular weight excluding hydrogens is 295 g/mol. The first kappa shape index (κ1) is 14.4. The molecule has 106 valence electrons. The number of aromatic nitrogens is 2. The molecule has 0 aliphatic heterocycles. The van der Waals surface area contributed by atoms with Gasteiger partial charge < -0.3 is 5.32 Å². The molecule has 0 aliphatic rings. The molecule has 0 atom stereocenters. The third kappa shape index (κ3) is 3.11. The lowest BCUT2D eigenvalue weighted by atomic mass is 10.2. The third-order valence-corrected chi connectivity index (χ3v) is 2.78. The lowest BCUT2D eigenvalue weighted by molar-refractivity contribution is -0.137. The Hall–Kier alpha value is -2.02. The summed E-state index contributed by atoms with van der Waals surface area (Å²) in [5.41, 5.74) is -0.196. The zero-order valence-corrected chi connectivity index (χ0v) is 10.9. The summed E-state index contributed by atoms with van der Waals surface area (Å²) in [5.74, 6) is -0.563. The van der Waals surface area contributed by atoms with Crippen molar-refractivity contribution in [1.29, 1.82) is 0 Å². The molecule has 4 nitrogen and oxygen atoms in total. The van der Waals surface area contributed by atoms with Crippen molar-refractivity contribution in [2.75, 3.05) is 5.32 Å². The van der Waals surface area contributed by atoms with E-state index in [0.29, 0.717) is 5.69 Å². The molecule has 0 aliphatic carbocycles. The second kappa shape index (κ2) is 5.16. The van der Waals surface area contributed by atoms with E-state index in [2.05, 4.69) is 15.5 Å². The maximum Gasteiger partial charge on any atom is 0.416 e. The van der Waals surface area contributed by atoms with Gasteiger partial charge in [0.1, 0.15) is 0 Å². The molecular formula is C12H9ClF3N3O. The number of carbonyl (C=O) groups is 1. The van der Waals surface area contributed by atoms with E-state index < -0.39 is 17.6 Å². The van der Waals surface area contributed by atoms with Crippen LogP contribution in [-0.2, 0) is 6.18 Å². The number of nitrogens with one attached hydrogen (secondary N) is 2. The topological polar surface area (TPSA) is 57.8 Å². The number of nitrogens with zero attached hydrogens (tertiary/aromatic N) is 1. The molecule has 2 aromatic rings. The molecule has 1 aromatic heterocycles. The van der Waals surface area contributed by atoms with Crippen LogP contribution in [0, 0.1) is 6.92 Å². The van der Waals surface area contributed by atoms with Gasteiger partial charge in [-0.15, -0.1) is 0 Å². The highest BCUT2D eigenvalue weighted by atomic mass is 35.5. The Balaban J connectivity index is 2.28. The predicted molar refractivity (Wildman–Crippen MR) is 67.7 cm³/mol. The van der Waals surface area contributed by atoms with Crippen LogP contribution >= 0.6 is 11.6 Å². The third-order valence-electron chi connectivity index (χ3n) is 2.56. The van der Waals surface area contributed by atoms with E-state index in [9.17, 15) is 18.0 Å². The summed E-state index contributed by atoms with van der Waals surface area (Å²) in [6.45, 7) is 1.63. The van der Waals surface area contributed by atoms with Crippen molar-refractivity contribution in [3.8, 4) is 0 Å². The van der Waals surface area contributed by atoms with Gasteiger partial charge in [0.05, 0.1) is 17.3 Å². The van der Waals surface area contributed by atoms with Gasteiger partial charge in [-0.3, -0.25) is 9.89 Å². The van der Waals surface area contributed by atoms with E-state index >= 15 is 0 Å². The van der Waals surface area contributed by atoms with Gasteiger partial charge >= 0.3 is 6.18 Å². The van der Waals surface area contributed by atoms with E-state index in [0.717, 1.165) is 12.1 Å². The number of carbonyl (C=O) groups excluding carboxylic acids is 1. The van der Waals surface area contributed by atoms with Gasteiger partial charge in [-0.2, -0.15) is 18.3 Å². The highest BCUT2D eigenvalue weighted by Gasteiger charge is 2.31. The molecule has 1 amide bonds. The van der Waals surface area contributed by atoms with Gasteiger partial charge in [-0.25, -0.2) is 0 Å². The van der Waals surface area contributed by atoms with Crippen LogP contribution in [0.5, 0.6) is 0 Å². The van der Waals surface area contributed by atoms with Crippen molar-refractivity contribution >= 4 is 23.2 Å². The average Bonchev–Trinajstić information content (AvgIpc) is 2.73. The van der Waals surface area contributed by atoms with E-state index in [1.165, 1.54) is 12.3 Å². The van der Waals surface area contributed by atoms with E-state index in [-0.39, 0.29) is 16.3 Å². The van der Waals surface area contributed by atoms with Crippen molar-refractivity contribution < 1.29 is 18.0 Å². The number of rotatable bonds is 2. The van der Waals surface area contributed by atoms with E-state index in [1.807, 2.05) is 0 Å². The number of halogens is 4. The molecule has 0 spiro atoms. The molecule has 0 fully saturated rings. The molecule has 0 saturated heterocycles. The summed E-state index contributed by atoms with van der Waals surface area (Å²) >= 11 is 5.63. The number of H-pyrrole nitrogens is 1. The largest absolute Gasteiger partial charge is 0.416 e. The van der Waals surface area contributed by atoms with Gasteiger partial charge in [0.2, 0.25) is 0 Å². The number of aryl methyl sites for hydroxylation is 1. The lowest BCUT2D eigenvalue weighted by Crippen LogP contribution is -2.13. The first-order chi connectivity index (χ1) is 9.27. The van der Waals surface area contributed by atoms with Crippen LogP contribution in [0.25, 0.3) is 0 Å². The number of anilines is 1. The fourth-order valence-corrected chi connectivity index (χ4v) is 1.84. The van der Waals surface area contributed by atoms with Crippen LogP contribution < -0.4 is 5.32 Å². The molecule has 8 heteroatoms. The first-order valence-corrected chi connectivity index (χ1v) is 5.84. The molecule has 20 heavy (non-hydrogen) atoms. The van der Waals surface area contributed by atoms with Gasteiger partial charge in [-0.05, 0) is 25.1 Å². The highest BCUT2D eigenvalue weighted by Crippen LogP contribution is 2.33. The molecule has 2 N–H and O–H groups in total. The Morgan fingerprint density at radius 3 is 2.60 bits per heavy atom. The monoisotopic (exact) mass is 303 g/mol. The standard InChI is InChI=1S/C12H9ClF3N3O/c1-6-10(5-17-19-6)11(20)18-9-3-7(12(14,15)16)2-8(13)4-9/h2-5H,1H3,(H,17,19)(H,18,20). The Labute approximate surface area is 116 Å². The maximum absolute atomic E-state index is 12.6. The summed E-state index contributed by atoms with van der Waals surface area (Å²) in [4.78, 5) is 11.9. The molecule has 0 radical (unpaired) electrons. The summed E-state index contributed by atoms with van der Waals surface area (Å²) in [6.07, 6.45) is -3.24. The smallest absolute Gasteiger partial charge is 0.322 e. The van der Waals surface area contributed by atoms with Crippen LogP contribution in [-0.4, -0.2) is 16.1 Å². The van der Waals surface area contributed by atoms with Crippen molar-refractivity contribution in [2.24, 2.45) is 0 Å². The number of hydrogen-bond donors (Lipinski definition) is 2. The zero-order chi connectivity index (χ0) is 14.9. The van der Waals surface area contributed by atoms with Gasteiger partial charge in [0, 0.05) is 16.4 Å². The number of benzene rings is 1. The predicted octanol–water partition coefficient (Wildman–Crippen LogP) is 3.64. The Bertz CT molecular complexity index is 652. The van der Waals surface area contributed by atoms with Crippen molar-refractivity contribution in [2.45, 2.75) is 13.1 Å². The molecule has 1 heterocycles. The Morgan fingerprint density at radius 1 is 1.35 bits per heavy atom. The lowest BCUT2D eigenvalue weighted by Gasteiger charge is -2.10. The summed E-state index contributed by atoms with van der Waals surface area (Å²) < 4.78 is 37.9. The fraction of sp³-hybridized carbons (Fsp3) is 0.167. The number of aromatic amines is 1. The van der Waals surface area contributed by atoms with Crippen LogP contribution in [0.4, 0.5) is 18.9 Å². The van der Waals surface area contributed by atoms with Gasteiger partial charge in [-0.1, -0.05) is 11.6 Å². The summed E-state index contributed by atoms with van der Waals surface area (Å²) in [7, 11) is 0. The number of alkyl halides is 3. The molecule has 0 bridgehead atoms. The van der Waals surface area contributed by atoms with Crippen molar-refractivity contribution in [3.63, 3.8) is 0 Å². The highest BCUT2D eigenvalue weighted by molar-refractivity contribution is 6.31. The molecule has 0 unspecified atom stereocenters. The quantitative estimate of drug-likeness (QED) is 0.890.